The minimum atomic E-state index is -0.794. The van der Waals surface area contributed by atoms with Gasteiger partial charge in [0.2, 0.25) is 0 Å². The molecule has 0 bridgehead atoms. The van der Waals surface area contributed by atoms with Crippen LogP contribution in [0.2, 0.25) is 0 Å². The van der Waals surface area contributed by atoms with Crippen LogP contribution >= 0.6 is 23.5 Å². The van der Waals surface area contributed by atoms with Crippen molar-refractivity contribution in [3.63, 3.8) is 0 Å². The molecule has 164 valence electrons. The average Bonchev–Trinajstić information content (AvgIpc) is 2.78. The molecule has 1 aromatic heterocycles. The second-order valence-electron chi connectivity index (χ2n) is 7.69. The Bertz CT molecular complexity index is 975. The number of hydrogen-bond acceptors (Lipinski definition) is 7. The van der Waals surface area contributed by atoms with Gasteiger partial charge in [0.15, 0.2) is 0 Å². The lowest BCUT2D eigenvalue weighted by atomic mass is 9.86. The number of pyridine rings is 1. The van der Waals surface area contributed by atoms with Crippen molar-refractivity contribution in [3.05, 3.63) is 47.2 Å². The van der Waals surface area contributed by atoms with E-state index in [0.29, 0.717) is 33.2 Å². The van der Waals surface area contributed by atoms with E-state index in [0.717, 1.165) is 31.2 Å². The molecule has 1 N–H and O–H groups in total. The van der Waals surface area contributed by atoms with Crippen LogP contribution in [0.5, 0.6) is 0 Å². The second kappa shape index (κ2) is 10.5. The number of rotatable bonds is 7. The van der Waals surface area contributed by atoms with E-state index in [1.807, 2.05) is 36.6 Å². The predicted octanol–water partition coefficient (Wildman–Crippen LogP) is 5.23. The van der Waals surface area contributed by atoms with Gasteiger partial charge >= 0.3 is 5.97 Å². The summed E-state index contributed by atoms with van der Waals surface area (Å²) in [6.45, 7) is 3.77. The highest BCUT2D eigenvalue weighted by molar-refractivity contribution is 8.00. The SMILES string of the molecule is CCOC(=O)c1c(C)nc(SC[C@]2(O)CCCC[C@H]2SC)c(C#N)c1-c1ccccc1. The lowest BCUT2D eigenvalue weighted by Gasteiger charge is -2.39. The second-order valence-corrected chi connectivity index (χ2v) is 9.69. The molecule has 0 radical (unpaired) electrons. The van der Waals surface area contributed by atoms with E-state index in [-0.39, 0.29) is 11.9 Å². The van der Waals surface area contributed by atoms with Gasteiger partial charge in [0.1, 0.15) is 11.1 Å². The third kappa shape index (κ3) is 5.08. The zero-order valence-electron chi connectivity index (χ0n) is 18.2. The maximum Gasteiger partial charge on any atom is 0.340 e. The van der Waals surface area contributed by atoms with Crippen molar-refractivity contribution in [1.29, 1.82) is 5.26 Å². The largest absolute Gasteiger partial charge is 0.462 e. The Morgan fingerprint density at radius 2 is 2.10 bits per heavy atom. The molecule has 1 fully saturated rings. The van der Waals surface area contributed by atoms with E-state index in [9.17, 15) is 15.2 Å². The molecule has 0 spiro atoms. The van der Waals surface area contributed by atoms with Gasteiger partial charge in [0, 0.05) is 16.6 Å². The molecule has 1 aromatic carbocycles. The van der Waals surface area contributed by atoms with Gasteiger partial charge in [-0.15, -0.1) is 11.8 Å². The predicted molar refractivity (Wildman–Crippen MR) is 127 cm³/mol. The molecule has 0 saturated heterocycles. The zero-order chi connectivity index (χ0) is 22.4. The van der Waals surface area contributed by atoms with Crippen LogP contribution in [-0.2, 0) is 4.74 Å². The van der Waals surface area contributed by atoms with Crippen molar-refractivity contribution in [3.8, 4) is 17.2 Å². The van der Waals surface area contributed by atoms with E-state index in [1.165, 1.54) is 11.8 Å². The van der Waals surface area contributed by atoms with Crippen molar-refractivity contribution in [2.45, 2.75) is 55.4 Å². The number of nitrogens with zero attached hydrogens (tertiary/aromatic N) is 2. The topological polar surface area (TPSA) is 83.2 Å². The van der Waals surface area contributed by atoms with Gasteiger partial charge in [-0.25, -0.2) is 9.78 Å². The van der Waals surface area contributed by atoms with Gasteiger partial charge in [0.05, 0.1) is 29.0 Å². The van der Waals surface area contributed by atoms with E-state index in [4.69, 9.17) is 4.74 Å². The van der Waals surface area contributed by atoms with Crippen molar-refractivity contribution < 1.29 is 14.6 Å². The number of thioether (sulfide) groups is 2. The van der Waals surface area contributed by atoms with Crippen LogP contribution in [0.1, 0.15) is 54.2 Å². The summed E-state index contributed by atoms with van der Waals surface area (Å²) < 4.78 is 5.27. The summed E-state index contributed by atoms with van der Waals surface area (Å²) in [5.74, 6) is -0.0140. The number of carbonyl (C=O) groups excluding carboxylic acids is 1. The van der Waals surface area contributed by atoms with Gasteiger partial charge in [-0.3, -0.25) is 0 Å². The lowest BCUT2D eigenvalue weighted by molar-refractivity contribution is 0.0340. The zero-order valence-corrected chi connectivity index (χ0v) is 19.8. The standard InChI is InChI=1S/C24H28N2O3S2/c1-4-29-23(27)20-16(2)26-22(18(14-25)21(20)17-10-6-5-7-11-17)31-15-24(28)13-9-8-12-19(24)30-3/h5-7,10-11,19,28H,4,8-9,12-13,15H2,1-3H3/t19-,24-/m1/s1. The monoisotopic (exact) mass is 456 g/mol. The van der Waals surface area contributed by atoms with Gasteiger partial charge in [-0.1, -0.05) is 43.2 Å². The Morgan fingerprint density at radius 1 is 1.35 bits per heavy atom. The molecular weight excluding hydrogens is 428 g/mol. The van der Waals surface area contributed by atoms with Gasteiger partial charge in [0.25, 0.3) is 0 Å². The van der Waals surface area contributed by atoms with Crippen LogP contribution in [0.25, 0.3) is 11.1 Å². The maximum atomic E-state index is 12.8. The smallest absolute Gasteiger partial charge is 0.340 e. The third-order valence-corrected chi connectivity index (χ3v) is 8.12. The average molecular weight is 457 g/mol. The summed E-state index contributed by atoms with van der Waals surface area (Å²) in [4.78, 5) is 17.4. The fourth-order valence-corrected chi connectivity index (χ4v) is 6.49. The first-order valence-corrected chi connectivity index (χ1v) is 12.8. The first kappa shape index (κ1) is 23.6. The molecule has 1 heterocycles. The maximum absolute atomic E-state index is 12.8. The molecule has 2 aromatic rings. The number of aliphatic hydroxyl groups is 1. The Hall–Kier alpha value is -2.01. The Balaban J connectivity index is 2.07. The number of esters is 1. The first-order valence-electron chi connectivity index (χ1n) is 10.5. The first-order chi connectivity index (χ1) is 14.9. The number of nitriles is 1. The number of carbonyl (C=O) groups is 1. The molecule has 0 amide bonds. The summed E-state index contributed by atoms with van der Waals surface area (Å²) >= 11 is 3.11. The fraction of sp³-hybridized carbons (Fsp3) is 0.458. The fourth-order valence-electron chi connectivity index (χ4n) is 4.12. The molecule has 1 aliphatic rings. The number of aryl methyl sites for hydroxylation is 1. The van der Waals surface area contributed by atoms with Crippen LogP contribution < -0.4 is 0 Å². The minimum absolute atomic E-state index is 0.174. The van der Waals surface area contributed by atoms with Crippen LogP contribution in [0.15, 0.2) is 35.4 Å². The van der Waals surface area contributed by atoms with E-state index in [2.05, 4.69) is 11.1 Å². The summed E-state index contributed by atoms with van der Waals surface area (Å²) in [6, 6.07) is 11.7. The summed E-state index contributed by atoms with van der Waals surface area (Å²) in [7, 11) is 0. The Labute approximate surface area is 192 Å². The number of aromatic nitrogens is 1. The Morgan fingerprint density at radius 3 is 2.74 bits per heavy atom. The highest BCUT2D eigenvalue weighted by Crippen LogP contribution is 2.41. The van der Waals surface area contributed by atoms with E-state index in [1.54, 1.807) is 25.6 Å². The number of ether oxygens (including phenoxy) is 1. The highest BCUT2D eigenvalue weighted by Gasteiger charge is 2.39. The molecular formula is C24H28N2O3S2. The molecule has 5 nitrogen and oxygen atoms in total. The molecule has 1 aliphatic carbocycles. The van der Waals surface area contributed by atoms with Gasteiger partial charge in [-0.2, -0.15) is 17.0 Å². The molecule has 0 aliphatic heterocycles. The molecule has 1 saturated carbocycles. The van der Waals surface area contributed by atoms with E-state index >= 15 is 0 Å². The van der Waals surface area contributed by atoms with Crippen molar-refractivity contribution in [2.24, 2.45) is 0 Å². The minimum Gasteiger partial charge on any atom is -0.462 e. The van der Waals surface area contributed by atoms with Crippen molar-refractivity contribution in [1.82, 2.24) is 4.98 Å². The van der Waals surface area contributed by atoms with Crippen molar-refractivity contribution in [2.75, 3.05) is 18.6 Å². The summed E-state index contributed by atoms with van der Waals surface area (Å²) in [6.07, 6.45) is 5.91. The lowest BCUT2D eigenvalue weighted by Crippen LogP contribution is -2.45. The number of benzene rings is 1. The molecule has 31 heavy (non-hydrogen) atoms. The Kier molecular flexibility index (Phi) is 8.04. The van der Waals surface area contributed by atoms with Crippen LogP contribution in [0.4, 0.5) is 0 Å². The van der Waals surface area contributed by atoms with E-state index < -0.39 is 11.6 Å². The normalized spacial score (nSPS) is 20.8. The van der Waals surface area contributed by atoms with Crippen LogP contribution in [0, 0.1) is 18.3 Å². The van der Waals surface area contributed by atoms with Gasteiger partial charge in [-0.05, 0) is 38.5 Å². The third-order valence-electron chi connectivity index (χ3n) is 5.67. The summed E-state index contributed by atoms with van der Waals surface area (Å²) in [5, 5.41) is 22.1. The summed E-state index contributed by atoms with van der Waals surface area (Å²) in [5.41, 5.74) is 1.73. The highest BCUT2D eigenvalue weighted by atomic mass is 32.2. The quantitative estimate of drug-likeness (QED) is 0.451. The van der Waals surface area contributed by atoms with Gasteiger partial charge < -0.3 is 9.84 Å². The molecule has 7 heteroatoms. The van der Waals surface area contributed by atoms with Crippen LogP contribution in [-0.4, -0.2) is 45.5 Å². The van der Waals surface area contributed by atoms with Crippen LogP contribution in [0.3, 0.4) is 0 Å². The molecule has 3 rings (SSSR count). The molecule has 2 atom stereocenters. The number of hydrogen-bond donors (Lipinski definition) is 1. The molecule has 0 unspecified atom stereocenters. The van der Waals surface area contributed by atoms with Crippen molar-refractivity contribution >= 4 is 29.5 Å².